The van der Waals surface area contributed by atoms with E-state index in [1.807, 2.05) is 22.6 Å². The minimum atomic E-state index is -0.842. The Labute approximate surface area is 118 Å². The van der Waals surface area contributed by atoms with Gasteiger partial charge in [-0.25, -0.2) is 0 Å². The standard InChI is InChI=1S/C11H13IN2O4/c12-9-5-8(14(16)17)1-2-10(9)13-6-11(15)3-4-18-7-11/h1-2,5,13,15H,3-4,6-7H2. The van der Waals surface area contributed by atoms with Crippen molar-refractivity contribution in [2.24, 2.45) is 0 Å². The molecule has 18 heavy (non-hydrogen) atoms. The van der Waals surface area contributed by atoms with Gasteiger partial charge in [0.05, 0.1) is 11.5 Å². The first-order valence-electron chi connectivity index (χ1n) is 5.48. The number of hydrogen-bond acceptors (Lipinski definition) is 5. The van der Waals surface area contributed by atoms with Gasteiger partial charge in [0.2, 0.25) is 0 Å². The molecule has 2 rings (SSSR count). The quantitative estimate of drug-likeness (QED) is 0.483. The first-order valence-corrected chi connectivity index (χ1v) is 6.56. The van der Waals surface area contributed by atoms with E-state index in [0.717, 1.165) is 9.26 Å². The number of aliphatic hydroxyl groups is 1. The summed E-state index contributed by atoms with van der Waals surface area (Å²) in [5.74, 6) is 0. The summed E-state index contributed by atoms with van der Waals surface area (Å²) in [6.45, 7) is 1.26. The molecule has 1 heterocycles. The normalized spacial score (nSPS) is 23.0. The molecule has 0 amide bonds. The molecule has 1 aliphatic rings. The van der Waals surface area contributed by atoms with E-state index in [9.17, 15) is 15.2 Å². The molecule has 7 heteroatoms. The minimum absolute atomic E-state index is 0.0628. The molecule has 1 saturated heterocycles. The molecule has 1 atom stereocenters. The van der Waals surface area contributed by atoms with Gasteiger partial charge in [0.25, 0.3) is 5.69 Å². The molecule has 0 bridgehead atoms. The second-order valence-corrected chi connectivity index (χ2v) is 5.46. The van der Waals surface area contributed by atoms with Crippen LogP contribution in [0.25, 0.3) is 0 Å². The van der Waals surface area contributed by atoms with Gasteiger partial charge in [0.15, 0.2) is 0 Å². The van der Waals surface area contributed by atoms with E-state index in [2.05, 4.69) is 5.32 Å². The topological polar surface area (TPSA) is 84.6 Å². The summed E-state index contributed by atoms with van der Waals surface area (Å²) in [5.41, 5.74) is -0.000381. The van der Waals surface area contributed by atoms with Gasteiger partial charge in [-0.2, -0.15) is 0 Å². The molecule has 6 nitrogen and oxygen atoms in total. The van der Waals surface area contributed by atoms with E-state index < -0.39 is 10.5 Å². The minimum Gasteiger partial charge on any atom is -0.386 e. The molecular weight excluding hydrogens is 351 g/mol. The van der Waals surface area contributed by atoms with Crippen LogP contribution < -0.4 is 5.32 Å². The molecule has 1 fully saturated rings. The number of nitrogens with one attached hydrogen (secondary N) is 1. The van der Waals surface area contributed by atoms with Crippen molar-refractivity contribution in [2.75, 3.05) is 25.1 Å². The van der Waals surface area contributed by atoms with E-state index in [1.54, 1.807) is 6.07 Å². The first-order chi connectivity index (χ1) is 8.50. The van der Waals surface area contributed by atoms with Gasteiger partial charge in [0, 0.05) is 41.0 Å². The zero-order chi connectivity index (χ0) is 13.2. The van der Waals surface area contributed by atoms with Crippen molar-refractivity contribution >= 4 is 34.0 Å². The summed E-state index contributed by atoms with van der Waals surface area (Å²) in [4.78, 5) is 10.2. The van der Waals surface area contributed by atoms with Crippen molar-refractivity contribution in [3.63, 3.8) is 0 Å². The van der Waals surface area contributed by atoms with Crippen LogP contribution in [0.1, 0.15) is 6.42 Å². The highest BCUT2D eigenvalue weighted by atomic mass is 127. The number of hydrogen-bond donors (Lipinski definition) is 2. The Balaban J connectivity index is 2.03. The Hall–Kier alpha value is -0.930. The third-order valence-corrected chi connectivity index (χ3v) is 3.75. The van der Waals surface area contributed by atoms with Crippen LogP contribution >= 0.6 is 22.6 Å². The maximum Gasteiger partial charge on any atom is 0.270 e. The lowest BCUT2D eigenvalue weighted by Crippen LogP contribution is -2.37. The van der Waals surface area contributed by atoms with Gasteiger partial charge in [0.1, 0.15) is 5.60 Å². The molecule has 1 aromatic carbocycles. The van der Waals surface area contributed by atoms with Crippen LogP contribution in [-0.2, 0) is 4.74 Å². The van der Waals surface area contributed by atoms with E-state index >= 15 is 0 Å². The zero-order valence-electron chi connectivity index (χ0n) is 9.56. The highest BCUT2D eigenvalue weighted by Gasteiger charge is 2.32. The van der Waals surface area contributed by atoms with Gasteiger partial charge in [-0.05, 0) is 28.7 Å². The van der Waals surface area contributed by atoms with E-state index in [4.69, 9.17) is 4.74 Å². The monoisotopic (exact) mass is 364 g/mol. The fourth-order valence-corrected chi connectivity index (χ4v) is 2.45. The van der Waals surface area contributed by atoms with Gasteiger partial charge >= 0.3 is 0 Å². The van der Waals surface area contributed by atoms with Gasteiger partial charge in [-0.3, -0.25) is 10.1 Å². The van der Waals surface area contributed by atoms with Crippen LogP contribution in [0.5, 0.6) is 0 Å². The van der Waals surface area contributed by atoms with Crippen LogP contribution in [0.15, 0.2) is 18.2 Å². The largest absolute Gasteiger partial charge is 0.386 e. The Kier molecular flexibility index (Phi) is 4.03. The Morgan fingerprint density at radius 1 is 1.61 bits per heavy atom. The number of nitro benzene ring substituents is 1. The number of non-ortho nitro benzene ring substituents is 1. The number of anilines is 1. The highest BCUT2D eigenvalue weighted by Crippen LogP contribution is 2.25. The van der Waals surface area contributed by atoms with Crippen LogP contribution in [0.4, 0.5) is 11.4 Å². The molecule has 1 aliphatic heterocycles. The van der Waals surface area contributed by atoms with Crippen molar-refractivity contribution in [2.45, 2.75) is 12.0 Å². The average molecular weight is 364 g/mol. The maximum atomic E-state index is 10.6. The fraction of sp³-hybridized carbons (Fsp3) is 0.455. The second kappa shape index (κ2) is 5.37. The summed E-state index contributed by atoms with van der Waals surface area (Å²) >= 11 is 2.03. The van der Waals surface area contributed by atoms with Crippen molar-refractivity contribution in [1.29, 1.82) is 0 Å². The number of ether oxygens (including phenoxy) is 1. The summed E-state index contributed by atoms with van der Waals surface area (Å²) in [6, 6.07) is 4.59. The molecule has 98 valence electrons. The average Bonchev–Trinajstić information content (AvgIpc) is 2.75. The van der Waals surface area contributed by atoms with E-state index in [0.29, 0.717) is 26.2 Å². The van der Waals surface area contributed by atoms with Crippen molar-refractivity contribution in [1.82, 2.24) is 0 Å². The summed E-state index contributed by atoms with van der Waals surface area (Å²) in [7, 11) is 0. The van der Waals surface area contributed by atoms with Gasteiger partial charge in [-0.15, -0.1) is 0 Å². The number of nitrogens with zero attached hydrogens (tertiary/aromatic N) is 1. The zero-order valence-corrected chi connectivity index (χ0v) is 11.7. The molecule has 0 spiro atoms. The summed E-state index contributed by atoms with van der Waals surface area (Å²) in [5, 5.41) is 23.8. The molecule has 0 aromatic heterocycles. The smallest absolute Gasteiger partial charge is 0.270 e. The summed E-state index contributed by atoms with van der Waals surface area (Å²) < 4.78 is 5.90. The molecule has 2 N–H and O–H groups in total. The fourth-order valence-electron chi connectivity index (χ4n) is 1.76. The molecule has 0 aliphatic carbocycles. The molecular formula is C11H13IN2O4. The van der Waals surface area contributed by atoms with Crippen molar-refractivity contribution < 1.29 is 14.8 Å². The lowest BCUT2D eigenvalue weighted by atomic mass is 10.0. The number of halogens is 1. The predicted molar refractivity (Wildman–Crippen MR) is 74.7 cm³/mol. The molecule has 1 unspecified atom stereocenters. The summed E-state index contributed by atoms with van der Waals surface area (Å²) in [6.07, 6.45) is 0.601. The Morgan fingerprint density at radius 2 is 2.39 bits per heavy atom. The number of benzene rings is 1. The van der Waals surface area contributed by atoms with E-state index in [-0.39, 0.29) is 5.69 Å². The molecule has 0 radical (unpaired) electrons. The lowest BCUT2D eigenvalue weighted by Gasteiger charge is -2.21. The third kappa shape index (κ3) is 3.09. The van der Waals surface area contributed by atoms with Gasteiger partial charge < -0.3 is 15.2 Å². The van der Waals surface area contributed by atoms with Crippen LogP contribution in [0.3, 0.4) is 0 Å². The number of rotatable bonds is 4. The van der Waals surface area contributed by atoms with Crippen LogP contribution in [0.2, 0.25) is 0 Å². The highest BCUT2D eigenvalue weighted by molar-refractivity contribution is 14.1. The van der Waals surface area contributed by atoms with Crippen LogP contribution in [-0.4, -0.2) is 35.4 Å². The van der Waals surface area contributed by atoms with Crippen molar-refractivity contribution in [3.05, 3.63) is 31.9 Å². The predicted octanol–water partition coefficient (Wildman–Crippen LogP) is 1.76. The third-order valence-electron chi connectivity index (χ3n) is 2.85. The van der Waals surface area contributed by atoms with Crippen LogP contribution in [0, 0.1) is 13.7 Å². The number of nitro groups is 1. The van der Waals surface area contributed by atoms with Gasteiger partial charge in [-0.1, -0.05) is 0 Å². The second-order valence-electron chi connectivity index (χ2n) is 4.30. The first kappa shape index (κ1) is 13.5. The SMILES string of the molecule is O=[N+]([O-])c1ccc(NCC2(O)CCOC2)c(I)c1. The van der Waals surface area contributed by atoms with Crippen molar-refractivity contribution in [3.8, 4) is 0 Å². The Morgan fingerprint density at radius 3 is 2.94 bits per heavy atom. The molecule has 1 aromatic rings. The molecule has 0 saturated carbocycles. The lowest BCUT2D eigenvalue weighted by molar-refractivity contribution is -0.384. The van der Waals surface area contributed by atoms with E-state index in [1.165, 1.54) is 12.1 Å². The maximum absolute atomic E-state index is 10.6. The Bertz CT molecular complexity index is 460.